The van der Waals surface area contributed by atoms with Gasteiger partial charge in [0.2, 0.25) is 0 Å². The molecule has 0 amide bonds. The maximum atomic E-state index is 13.4. The fraction of sp³-hybridized carbons (Fsp3) is 0.760. The Morgan fingerprint density at radius 1 is 1.14 bits per heavy atom. The quantitative estimate of drug-likeness (QED) is 0.518. The first-order valence-electron chi connectivity index (χ1n) is 11.4. The van der Waals surface area contributed by atoms with Gasteiger partial charge in [-0.3, -0.25) is 4.79 Å². The minimum absolute atomic E-state index is 0.0162. The Balaban J connectivity index is 1.90. The molecule has 0 aliphatic heterocycles. The molecule has 3 aliphatic carbocycles. The van der Waals surface area contributed by atoms with Crippen molar-refractivity contribution >= 4 is 12.1 Å². The lowest BCUT2D eigenvalue weighted by Crippen LogP contribution is -2.45. The zero-order chi connectivity index (χ0) is 21.3. The molecule has 162 valence electrons. The number of allylic oxidation sites excluding steroid dienone is 3. The van der Waals surface area contributed by atoms with Gasteiger partial charge in [-0.1, -0.05) is 39.8 Å². The Morgan fingerprint density at radius 2 is 1.86 bits per heavy atom. The number of ketones is 1. The van der Waals surface area contributed by atoms with Crippen LogP contribution in [0.1, 0.15) is 66.2 Å². The molecular weight excluding hydrogens is 364 g/mol. The van der Waals surface area contributed by atoms with Crippen molar-refractivity contribution in [1.29, 1.82) is 0 Å². The molecule has 4 heteroatoms. The third-order valence-corrected chi connectivity index (χ3v) is 8.02. The summed E-state index contributed by atoms with van der Waals surface area (Å²) in [7, 11) is 0. The van der Waals surface area contributed by atoms with Gasteiger partial charge in [0.15, 0.2) is 5.78 Å². The second kappa shape index (κ2) is 8.85. The van der Waals surface area contributed by atoms with Gasteiger partial charge in [-0.25, -0.2) is 0 Å². The van der Waals surface area contributed by atoms with E-state index in [0.717, 1.165) is 24.7 Å². The lowest BCUT2D eigenvalue weighted by atomic mass is 9.61. The van der Waals surface area contributed by atoms with Crippen LogP contribution >= 0.6 is 0 Å². The summed E-state index contributed by atoms with van der Waals surface area (Å²) in [6.07, 6.45) is 10.3. The highest BCUT2D eigenvalue weighted by atomic mass is 16.3. The minimum Gasteiger partial charge on any atom is -0.393 e. The summed E-state index contributed by atoms with van der Waals surface area (Å²) < 4.78 is 0. The van der Waals surface area contributed by atoms with Crippen molar-refractivity contribution in [3.8, 4) is 0 Å². The molecule has 0 aromatic heterocycles. The Hall–Kier alpha value is -1.26. The summed E-state index contributed by atoms with van der Waals surface area (Å²) in [6.45, 7) is 8.71. The SMILES string of the molecule is CC(C)/C=C/[C@@H](C)[C@H]1CC[C@@H](C2=C[C@H](O)[C@H]3C[C@@H](O)CC[C@@H]3C2=O)[C@]1(C)CC=O. The number of rotatable bonds is 6. The number of hydrogen-bond donors (Lipinski definition) is 2. The van der Waals surface area contributed by atoms with Crippen LogP contribution in [0.15, 0.2) is 23.8 Å². The predicted molar refractivity (Wildman–Crippen MR) is 114 cm³/mol. The Bertz CT molecular complexity index is 678. The number of carbonyl (C=O) groups is 2. The van der Waals surface area contributed by atoms with Gasteiger partial charge in [-0.2, -0.15) is 0 Å². The van der Waals surface area contributed by atoms with Gasteiger partial charge in [0.1, 0.15) is 6.29 Å². The molecule has 2 fully saturated rings. The summed E-state index contributed by atoms with van der Waals surface area (Å²) in [5.74, 6) is 0.980. The second-order valence-corrected chi connectivity index (χ2v) is 10.3. The van der Waals surface area contributed by atoms with Gasteiger partial charge in [0, 0.05) is 18.3 Å². The van der Waals surface area contributed by atoms with Crippen molar-refractivity contribution in [1.82, 2.24) is 0 Å². The molecule has 0 heterocycles. The normalized spacial score (nSPS) is 41.5. The van der Waals surface area contributed by atoms with Gasteiger partial charge >= 0.3 is 0 Å². The highest BCUT2D eigenvalue weighted by Crippen LogP contribution is 2.57. The number of Topliss-reactive ketones (excluding diaryl/α,β-unsaturated/α-hetero) is 1. The molecule has 0 aromatic rings. The number of fused-ring (bicyclic) bond motifs is 1. The number of aldehydes is 1. The van der Waals surface area contributed by atoms with Crippen LogP contribution in [0.2, 0.25) is 0 Å². The molecule has 0 spiro atoms. The Morgan fingerprint density at radius 3 is 2.52 bits per heavy atom. The fourth-order valence-electron chi connectivity index (χ4n) is 6.42. The molecule has 8 atom stereocenters. The van der Waals surface area contributed by atoms with Crippen molar-refractivity contribution in [2.45, 2.75) is 78.4 Å². The van der Waals surface area contributed by atoms with Crippen LogP contribution in [-0.4, -0.2) is 34.5 Å². The van der Waals surface area contributed by atoms with E-state index < -0.39 is 12.2 Å². The van der Waals surface area contributed by atoms with Gasteiger partial charge in [0.25, 0.3) is 0 Å². The van der Waals surface area contributed by atoms with E-state index in [1.807, 2.05) is 0 Å². The zero-order valence-corrected chi connectivity index (χ0v) is 18.4. The third kappa shape index (κ3) is 4.29. The zero-order valence-electron chi connectivity index (χ0n) is 18.4. The van der Waals surface area contributed by atoms with E-state index in [0.29, 0.717) is 43.4 Å². The molecule has 3 aliphatic rings. The standard InChI is InChI=1S/C25H38O4/c1-15(2)5-6-16(3)21-9-10-22(25(21,4)11-12-26)20-14-23(28)19-13-17(27)7-8-18(19)24(20)29/h5-6,12,14-19,21-23,27-28H,7-11,13H2,1-4H3/b6-5+/t16-,17+,18+,19+,21-,22+,23+,25-/m1/s1. The number of hydrogen-bond acceptors (Lipinski definition) is 4. The molecule has 29 heavy (non-hydrogen) atoms. The van der Waals surface area contributed by atoms with E-state index in [9.17, 15) is 19.8 Å². The lowest BCUT2D eigenvalue weighted by molar-refractivity contribution is -0.128. The van der Waals surface area contributed by atoms with Crippen LogP contribution in [0, 0.1) is 40.9 Å². The topological polar surface area (TPSA) is 74.6 Å². The van der Waals surface area contributed by atoms with E-state index in [4.69, 9.17) is 0 Å². The second-order valence-electron chi connectivity index (χ2n) is 10.3. The fourth-order valence-corrected chi connectivity index (χ4v) is 6.42. The van der Waals surface area contributed by atoms with Crippen molar-refractivity contribution < 1.29 is 19.8 Å². The first-order valence-corrected chi connectivity index (χ1v) is 11.4. The summed E-state index contributed by atoms with van der Waals surface area (Å²) in [4.78, 5) is 25.1. The molecule has 0 aromatic carbocycles. The predicted octanol–water partition coefficient (Wildman–Crippen LogP) is 4.10. The van der Waals surface area contributed by atoms with Crippen LogP contribution in [0.3, 0.4) is 0 Å². The van der Waals surface area contributed by atoms with Crippen LogP contribution in [0.5, 0.6) is 0 Å². The molecular formula is C25H38O4. The van der Waals surface area contributed by atoms with Crippen LogP contribution in [-0.2, 0) is 9.59 Å². The number of aliphatic hydroxyl groups is 2. The van der Waals surface area contributed by atoms with E-state index in [-0.39, 0.29) is 29.0 Å². The maximum Gasteiger partial charge on any atom is 0.162 e. The average molecular weight is 403 g/mol. The summed E-state index contributed by atoms with van der Waals surface area (Å²) in [5.41, 5.74) is 0.479. The lowest BCUT2D eigenvalue weighted by Gasteiger charge is -2.44. The van der Waals surface area contributed by atoms with Crippen molar-refractivity contribution in [2.75, 3.05) is 0 Å². The molecule has 0 radical (unpaired) electrons. The summed E-state index contributed by atoms with van der Waals surface area (Å²) >= 11 is 0. The molecule has 0 unspecified atom stereocenters. The summed E-state index contributed by atoms with van der Waals surface area (Å²) in [6, 6.07) is 0. The van der Waals surface area contributed by atoms with Gasteiger partial charge in [-0.05, 0) is 72.8 Å². The molecule has 4 nitrogen and oxygen atoms in total. The van der Waals surface area contributed by atoms with Gasteiger partial charge in [0.05, 0.1) is 12.2 Å². The first-order chi connectivity index (χ1) is 13.7. The van der Waals surface area contributed by atoms with E-state index in [2.05, 4.69) is 39.8 Å². The van der Waals surface area contributed by atoms with Crippen molar-refractivity contribution in [3.63, 3.8) is 0 Å². The van der Waals surface area contributed by atoms with Gasteiger partial charge < -0.3 is 15.0 Å². The molecule has 0 bridgehead atoms. The van der Waals surface area contributed by atoms with Crippen LogP contribution < -0.4 is 0 Å². The average Bonchev–Trinajstić information content (AvgIpc) is 2.99. The summed E-state index contributed by atoms with van der Waals surface area (Å²) in [5, 5.41) is 20.8. The number of carbonyl (C=O) groups excluding carboxylic acids is 2. The highest BCUT2D eigenvalue weighted by Gasteiger charge is 2.53. The van der Waals surface area contributed by atoms with Crippen LogP contribution in [0.4, 0.5) is 0 Å². The molecule has 2 N–H and O–H groups in total. The van der Waals surface area contributed by atoms with Crippen molar-refractivity contribution in [3.05, 3.63) is 23.8 Å². The molecule has 0 saturated heterocycles. The maximum absolute atomic E-state index is 13.4. The third-order valence-electron chi connectivity index (χ3n) is 8.02. The highest BCUT2D eigenvalue weighted by molar-refractivity contribution is 5.99. The smallest absolute Gasteiger partial charge is 0.162 e. The van der Waals surface area contributed by atoms with Gasteiger partial charge in [-0.15, -0.1) is 0 Å². The first kappa shape index (κ1) is 22.4. The Labute approximate surface area is 175 Å². The largest absolute Gasteiger partial charge is 0.393 e. The minimum atomic E-state index is -0.680. The monoisotopic (exact) mass is 402 g/mol. The van der Waals surface area contributed by atoms with Crippen LogP contribution in [0.25, 0.3) is 0 Å². The van der Waals surface area contributed by atoms with E-state index in [1.54, 1.807) is 6.08 Å². The molecule has 3 rings (SSSR count). The molecule has 2 saturated carbocycles. The Kier molecular flexibility index (Phi) is 6.84. The van der Waals surface area contributed by atoms with Crippen molar-refractivity contribution in [2.24, 2.45) is 40.9 Å². The van der Waals surface area contributed by atoms with E-state index >= 15 is 0 Å². The van der Waals surface area contributed by atoms with E-state index in [1.165, 1.54) is 0 Å². The number of aliphatic hydroxyl groups excluding tert-OH is 2.